The molecule has 0 saturated carbocycles. The van der Waals surface area contributed by atoms with Gasteiger partial charge >= 0.3 is 6.09 Å². The third-order valence-corrected chi connectivity index (χ3v) is 3.51. The molecular weight excluding hydrogens is 284 g/mol. The third kappa shape index (κ3) is 5.57. The molecule has 2 amide bonds. The van der Waals surface area contributed by atoms with Gasteiger partial charge in [0.25, 0.3) is 0 Å². The Labute approximate surface area is 132 Å². The summed E-state index contributed by atoms with van der Waals surface area (Å²) in [6, 6.07) is 0. The lowest BCUT2D eigenvalue weighted by Gasteiger charge is -2.29. The van der Waals surface area contributed by atoms with Gasteiger partial charge in [-0.05, 0) is 33.6 Å². The van der Waals surface area contributed by atoms with Crippen LogP contribution in [-0.4, -0.2) is 54.3 Å². The van der Waals surface area contributed by atoms with Crippen LogP contribution in [-0.2, 0) is 14.3 Å². The van der Waals surface area contributed by atoms with Crippen molar-refractivity contribution in [3.63, 3.8) is 0 Å². The molecule has 0 radical (unpaired) electrons. The number of carbonyl (C=O) groups is 2. The van der Waals surface area contributed by atoms with Crippen molar-refractivity contribution >= 4 is 12.0 Å². The first-order valence-electron chi connectivity index (χ1n) is 7.53. The third-order valence-electron chi connectivity index (χ3n) is 3.51. The zero-order valence-corrected chi connectivity index (χ0v) is 13.9. The Bertz CT molecular complexity index is 450. The molecule has 124 valence electrons. The molecule has 0 aromatic carbocycles. The SMILES string of the molecule is C#CCNC(=O)COC1(CC)CCN(C(=O)OC(C)(C)C)C1. The monoisotopic (exact) mass is 310 g/mol. The summed E-state index contributed by atoms with van der Waals surface area (Å²) < 4.78 is 11.1. The predicted octanol–water partition coefficient (Wildman–Crippen LogP) is 1.54. The molecule has 1 rings (SSSR count). The molecule has 0 aromatic heterocycles. The molecule has 1 heterocycles. The van der Waals surface area contributed by atoms with Crippen molar-refractivity contribution in [1.29, 1.82) is 0 Å². The summed E-state index contributed by atoms with van der Waals surface area (Å²) in [6.45, 7) is 8.61. The fourth-order valence-electron chi connectivity index (χ4n) is 2.25. The minimum absolute atomic E-state index is 0.0579. The van der Waals surface area contributed by atoms with Gasteiger partial charge in [-0.15, -0.1) is 6.42 Å². The van der Waals surface area contributed by atoms with Crippen molar-refractivity contribution in [2.45, 2.75) is 51.7 Å². The number of nitrogens with one attached hydrogen (secondary N) is 1. The van der Waals surface area contributed by atoms with Gasteiger partial charge in [0.15, 0.2) is 0 Å². The first-order chi connectivity index (χ1) is 10.2. The number of hydrogen-bond acceptors (Lipinski definition) is 4. The number of rotatable bonds is 5. The van der Waals surface area contributed by atoms with E-state index in [0.29, 0.717) is 25.9 Å². The van der Waals surface area contributed by atoms with Crippen LogP contribution in [0.1, 0.15) is 40.5 Å². The fraction of sp³-hybridized carbons (Fsp3) is 0.750. The second-order valence-corrected chi connectivity index (χ2v) is 6.46. The lowest BCUT2D eigenvalue weighted by molar-refractivity contribution is -0.132. The molecule has 6 nitrogen and oxygen atoms in total. The number of terminal acetylenes is 1. The smallest absolute Gasteiger partial charge is 0.410 e. The lowest BCUT2D eigenvalue weighted by atomic mass is 10.00. The summed E-state index contributed by atoms with van der Waals surface area (Å²) in [4.78, 5) is 25.3. The Morgan fingerprint density at radius 2 is 2.09 bits per heavy atom. The predicted molar refractivity (Wildman–Crippen MR) is 83.2 cm³/mol. The van der Waals surface area contributed by atoms with Crippen LogP contribution in [0, 0.1) is 12.3 Å². The van der Waals surface area contributed by atoms with Gasteiger partial charge in [0.1, 0.15) is 12.2 Å². The summed E-state index contributed by atoms with van der Waals surface area (Å²) in [5.41, 5.74) is -1.02. The molecule has 1 unspecified atom stereocenters. The summed E-state index contributed by atoms with van der Waals surface area (Å²) in [6.07, 6.45) is 6.14. The van der Waals surface area contributed by atoms with Crippen LogP contribution < -0.4 is 5.32 Å². The molecular formula is C16H26N2O4. The highest BCUT2D eigenvalue weighted by Gasteiger charge is 2.41. The number of carbonyl (C=O) groups excluding carboxylic acids is 2. The molecule has 1 N–H and O–H groups in total. The maximum atomic E-state index is 12.1. The van der Waals surface area contributed by atoms with Gasteiger partial charge in [-0.3, -0.25) is 4.79 Å². The lowest BCUT2D eigenvalue weighted by Crippen LogP contribution is -2.42. The minimum Gasteiger partial charge on any atom is -0.444 e. The molecule has 1 saturated heterocycles. The van der Waals surface area contributed by atoms with Gasteiger partial charge in [-0.1, -0.05) is 12.8 Å². The van der Waals surface area contributed by atoms with Crippen LogP contribution in [0.25, 0.3) is 0 Å². The normalized spacial score (nSPS) is 21.3. The van der Waals surface area contributed by atoms with Crippen LogP contribution >= 0.6 is 0 Å². The van der Waals surface area contributed by atoms with Crippen LogP contribution in [0.3, 0.4) is 0 Å². The first kappa shape index (κ1) is 18.3. The Morgan fingerprint density at radius 1 is 1.41 bits per heavy atom. The highest BCUT2D eigenvalue weighted by atomic mass is 16.6. The Kier molecular flexibility index (Phi) is 6.24. The quantitative estimate of drug-likeness (QED) is 0.782. The van der Waals surface area contributed by atoms with E-state index >= 15 is 0 Å². The summed E-state index contributed by atoms with van der Waals surface area (Å²) in [5, 5.41) is 2.56. The van der Waals surface area contributed by atoms with E-state index in [-0.39, 0.29) is 25.2 Å². The van der Waals surface area contributed by atoms with Crippen molar-refractivity contribution in [3.05, 3.63) is 0 Å². The van der Waals surface area contributed by atoms with Gasteiger partial charge in [0.05, 0.1) is 18.7 Å². The molecule has 22 heavy (non-hydrogen) atoms. The minimum atomic E-state index is -0.523. The molecule has 1 atom stereocenters. The van der Waals surface area contributed by atoms with E-state index in [9.17, 15) is 9.59 Å². The highest BCUT2D eigenvalue weighted by molar-refractivity contribution is 5.77. The average Bonchev–Trinajstić information content (AvgIpc) is 2.86. The van der Waals surface area contributed by atoms with E-state index < -0.39 is 11.2 Å². The first-order valence-corrected chi connectivity index (χ1v) is 7.53. The van der Waals surface area contributed by atoms with Gasteiger partial charge in [0, 0.05) is 6.54 Å². The topological polar surface area (TPSA) is 67.9 Å². The van der Waals surface area contributed by atoms with Crippen LogP contribution in [0.4, 0.5) is 4.79 Å². The average molecular weight is 310 g/mol. The number of nitrogens with zero attached hydrogens (tertiary/aromatic N) is 1. The molecule has 6 heteroatoms. The highest BCUT2D eigenvalue weighted by Crippen LogP contribution is 2.29. The van der Waals surface area contributed by atoms with Crippen molar-refractivity contribution in [3.8, 4) is 12.3 Å². The van der Waals surface area contributed by atoms with Crippen molar-refractivity contribution in [1.82, 2.24) is 10.2 Å². The molecule has 0 aromatic rings. The van der Waals surface area contributed by atoms with Gasteiger partial charge in [-0.25, -0.2) is 4.79 Å². The van der Waals surface area contributed by atoms with Crippen molar-refractivity contribution < 1.29 is 19.1 Å². The second kappa shape index (κ2) is 7.50. The van der Waals surface area contributed by atoms with E-state index in [4.69, 9.17) is 15.9 Å². The van der Waals surface area contributed by atoms with E-state index in [1.165, 1.54) is 0 Å². The Hall–Kier alpha value is -1.74. The summed E-state index contributed by atoms with van der Waals surface area (Å²) >= 11 is 0. The second-order valence-electron chi connectivity index (χ2n) is 6.46. The molecule has 0 spiro atoms. The Morgan fingerprint density at radius 3 is 2.64 bits per heavy atom. The Balaban J connectivity index is 2.53. The van der Waals surface area contributed by atoms with E-state index in [2.05, 4.69) is 11.2 Å². The molecule has 1 fully saturated rings. The van der Waals surface area contributed by atoms with Crippen LogP contribution in [0.15, 0.2) is 0 Å². The standard InChI is InChI=1S/C16H26N2O4/c1-6-9-17-13(19)11-21-16(7-2)8-10-18(12-16)14(20)22-15(3,4)5/h1H,7-12H2,2-5H3,(H,17,19). The summed E-state index contributed by atoms with van der Waals surface area (Å²) in [7, 11) is 0. The van der Waals surface area contributed by atoms with E-state index in [1.54, 1.807) is 4.90 Å². The largest absolute Gasteiger partial charge is 0.444 e. The van der Waals surface area contributed by atoms with E-state index in [0.717, 1.165) is 0 Å². The number of likely N-dealkylation sites (tertiary alicyclic amines) is 1. The van der Waals surface area contributed by atoms with Crippen molar-refractivity contribution in [2.24, 2.45) is 0 Å². The number of ether oxygens (including phenoxy) is 2. The molecule has 0 aliphatic carbocycles. The maximum Gasteiger partial charge on any atom is 0.410 e. The maximum absolute atomic E-state index is 12.1. The van der Waals surface area contributed by atoms with Gasteiger partial charge < -0.3 is 19.7 Å². The van der Waals surface area contributed by atoms with Crippen LogP contribution in [0.2, 0.25) is 0 Å². The van der Waals surface area contributed by atoms with Crippen molar-refractivity contribution in [2.75, 3.05) is 26.2 Å². The fourth-order valence-corrected chi connectivity index (χ4v) is 2.25. The molecule has 0 bridgehead atoms. The van der Waals surface area contributed by atoms with E-state index in [1.807, 2.05) is 27.7 Å². The zero-order valence-electron chi connectivity index (χ0n) is 13.9. The van der Waals surface area contributed by atoms with Gasteiger partial charge in [-0.2, -0.15) is 0 Å². The van der Waals surface area contributed by atoms with Gasteiger partial charge in [0.2, 0.25) is 5.91 Å². The number of hydrogen-bond donors (Lipinski definition) is 1. The number of amides is 2. The molecule has 1 aliphatic rings. The molecule has 1 aliphatic heterocycles. The zero-order chi connectivity index (χ0) is 16.8. The summed E-state index contributed by atoms with van der Waals surface area (Å²) in [5.74, 6) is 2.09. The van der Waals surface area contributed by atoms with Crippen LogP contribution in [0.5, 0.6) is 0 Å².